The molecule has 2 atom stereocenters. The van der Waals surface area contributed by atoms with Gasteiger partial charge in [-0.05, 0) is 36.0 Å². The molecule has 0 aliphatic carbocycles. The van der Waals surface area contributed by atoms with Crippen LogP contribution in [0.5, 0.6) is 0 Å². The predicted octanol–water partition coefficient (Wildman–Crippen LogP) is 3.38. The molecule has 30 heavy (non-hydrogen) atoms. The molecule has 4 aromatic rings. The second-order valence-electron chi connectivity index (χ2n) is 7.55. The highest BCUT2D eigenvalue weighted by Gasteiger charge is 2.35. The first-order valence-corrected chi connectivity index (χ1v) is 10.8. The third kappa shape index (κ3) is 3.06. The first kappa shape index (κ1) is 19.1. The van der Waals surface area contributed by atoms with E-state index < -0.39 is 0 Å². The Morgan fingerprint density at radius 3 is 2.93 bits per heavy atom. The number of thiophene rings is 1. The van der Waals surface area contributed by atoms with Gasteiger partial charge in [0.25, 0.3) is 5.56 Å². The molecule has 1 aliphatic rings. The van der Waals surface area contributed by atoms with Crippen LogP contribution in [0.4, 0.5) is 0 Å². The molecule has 2 unspecified atom stereocenters. The molecule has 0 saturated carbocycles. The summed E-state index contributed by atoms with van der Waals surface area (Å²) < 4.78 is 7.62. The van der Waals surface area contributed by atoms with Crippen LogP contribution >= 0.6 is 11.3 Å². The fourth-order valence-electron chi connectivity index (χ4n) is 4.30. The van der Waals surface area contributed by atoms with Crippen molar-refractivity contribution >= 4 is 32.7 Å². The van der Waals surface area contributed by atoms with Gasteiger partial charge in [0.1, 0.15) is 0 Å². The smallest absolute Gasteiger partial charge is 0.279 e. The number of benzene rings is 1. The van der Waals surface area contributed by atoms with E-state index in [9.17, 15) is 9.59 Å². The van der Waals surface area contributed by atoms with Gasteiger partial charge in [0.2, 0.25) is 0 Å². The fourth-order valence-corrected chi connectivity index (χ4v) is 5.22. The largest absolute Gasteiger partial charge is 0.384 e. The molecule has 152 valence electrons. The monoisotopic (exact) mass is 419 g/mol. The van der Waals surface area contributed by atoms with E-state index in [-0.39, 0.29) is 23.3 Å². The Morgan fingerprint density at radius 1 is 1.30 bits per heavy atom. The van der Waals surface area contributed by atoms with E-state index in [0.717, 1.165) is 28.6 Å². The van der Waals surface area contributed by atoms with Crippen molar-refractivity contribution in [1.82, 2.24) is 14.9 Å². The topological polar surface area (TPSA) is 72.7 Å². The van der Waals surface area contributed by atoms with Gasteiger partial charge in [-0.2, -0.15) is 9.61 Å². The number of carbonyl (C=O) groups excluding carboxylic acids is 1. The maximum absolute atomic E-state index is 13.7. The van der Waals surface area contributed by atoms with Crippen LogP contribution in [0.1, 0.15) is 16.8 Å². The molecule has 3 aromatic heterocycles. The molecule has 7 heteroatoms. The number of nitrogens with zero attached hydrogens (tertiary/aromatic N) is 2. The van der Waals surface area contributed by atoms with Crippen LogP contribution in [0.25, 0.3) is 26.7 Å². The van der Waals surface area contributed by atoms with E-state index >= 15 is 0 Å². The van der Waals surface area contributed by atoms with Crippen LogP contribution in [-0.4, -0.2) is 41.7 Å². The molecule has 6 nitrogen and oxygen atoms in total. The Kier molecular flexibility index (Phi) is 4.94. The molecule has 1 aromatic carbocycles. The number of pyridine rings is 1. The number of ether oxygens (including phenoxy) is 1. The zero-order valence-corrected chi connectivity index (χ0v) is 17.3. The lowest BCUT2D eigenvalue weighted by Gasteiger charge is -2.19. The van der Waals surface area contributed by atoms with Gasteiger partial charge in [-0.3, -0.25) is 9.59 Å². The lowest BCUT2D eigenvalue weighted by Crippen LogP contribution is -2.38. The van der Waals surface area contributed by atoms with Gasteiger partial charge in [-0.25, -0.2) is 0 Å². The minimum Gasteiger partial charge on any atom is -0.384 e. The Labute approximate surface area is 177 Å². The van der Waals surface area contributed by atoms with E-state index in [1.807, 2.05) is 41.8 Å². The molecular weight excluding hydrogens is 398 g/mol. The van der Waals surface area contributed by atoms with Crippen molar-refractivity contribution in [3.63, 3.8) is 0 Å². The molecule has 1 saturated heterocycles. The molecule has 0 spiro atoms. The van der Waals surface area contributed by atoms with Gasteiger partial charge in [-0.1, -0.05) is 30.3 Å². The summed E-state index contributed by atoms with van der Waals surface area (Å²) in [7, 11) is 1.66. The first-order valence-electron chi connectivity index (χ1n) is 9.93. The van der Waals surface area contributed by atoms with Gasteiger partial charge in [-0.15, -0.1) is 11.3 Å². The highest BCUT2D eigenvalue weighted by atomic mass is 32.1. The van der Waals surface area contributed by atoms with E-state index in [0.29, 0.717) is 23.3 Å². The summed E-state index contributed by atoms with van der Waals surface area (Å²) in [5, 5.41) is 10.6. The average Bonchev–Trinajstić information content (AvgIpc) is 3.44. The molecule has 5 rings (SSSR count). The highest BCUT2D eigenvalue weighted by molar-refractivity contribution is 7.18. The second-order valence-corrected chi connectivity index (χ2v) is 8.47. The van der Waals surface area contributed by atoms with E-state index in [1.165, 1.54) is 15.9 Å². The Balaban J connectivity index is 1.78. The zero-order valence-electron chi connectivity index (χ0n) is 16.5. The summed E-state index contributed by atoms with van der Waals surface area (Å²) in [6.45, 7) is 1.29. The molecule has 0 amide bonds. The molecule has 0 radical (unpaired) electrons. The van der Waals surface area contributed by atoms with Gasteiger partial charge >= 0.3 is 0 Å². The van der Waals surface area contributed by atoms with E-state index in [4.69, 9.17) is 4.74 Å². The minimum atomic E-state index is -0.343. The van der Waals surface area contributed by atoms with Crippen molar-refractivity contribution in [2.24, 2.45) is 5.92 Å². The van der Waals surface area contributed by atoms with Crippen LogP contribution in [-0.2, 0) is 4.74 Å². The van der Waals surface area contributed by atoms with Crippen LogP contribution in [0.15, 0.2) is 58.8 Å². The summed E-state index contributed by atoms with van der Waals surface area (Å²) in [5.41, 5.74) is 2.13. The summed E-state index contributed by atoms with van der Waals surface area (Å²) in [6, 6.07) is 12.8. The molecule has 0 bridgehead atoms. The number of hydrogen-bond donors (Lipinski definition) is 1. The number of hydrogen-bond acceptors (Lipinski definition) is 6. The quantitative estimate of drug-likeness (QED) is 0.502. The third-order valence-corrected chi connectivity index (χ3v) is 6.70. The van der Waals surface area contributed by atoms with Crippen molar-refractivity contribution in [3.05, 3.63) is 70.0 Å². The van der Waals surface area contributed by atoms with Crippen LogP contribution in [0, 0.1) is 5.92 Å². The number of fused-ring (bicyclic) bond motifs is 3. The average molecular weight is 420 g/mol. The van der Waals surface area contributed by atoms with Crippen molar-refractivity contribution in [2.75, 3.05) is 20.3 Å². The molecule has 4 heterocycles. The summed E-state index contributed by atoms with van der Waals surface area (Å²) >= 11 is 1.52. The minimum absolute atomic E-state index is 0.0214. The fraction of sp³-hybridized carbons (Fsp3) is 0.261. The summed E-state index contributed by atoms with van der Waals surface area (Å²) in [4.78, 5) is 27.1. The number of Topliss-reactive ketones (excluding diaryl/α,β-unsaturated/α-hetero) is 1. The zero-order chi connectivity index (χ0) is 20.7. The summed E-state index contributed by atoms with van der Waals surface area (Å²) in [5.74, 6) is 0.0806. The third-order valence-electron chi connectivity index (χ3n) is 5.77. The molecule has 1 aliphatic heterocycles. The number of ketones is 1. The van der Waals surface area contributed by atoms with Crippen molar-refractivity contribution in [1.29, 1.82) is 0 Å². The Hall–Kier alpha value is -2.87. The van der Waals surface area contributed by atoms with Crippen molar-refractivity contribution in [3.8, 4) is 11.1 Å². The van der Waals surface area contributed by atoms with Crippen molar-refractivity contribution in [2.45, 2.75) is 12.5 Å². The van der Waals surface area contributed by atoms with Gasteiger partial charge in [0.15, 0.2) is 5.78 Å². The maximum atomic E-state index is 13.7. The highest BCUT2D eigenvalue weighted by Crippen LogP contribution is 2.30. The maximum Gasteiger partial charge on any atom is 0.279 e. The lowest BCUT2D eigenvalue weighted by atomic mass is 9.92. The van der Waals surface area contributed by atoms with Gasteiger partial charge in [0.05, 0.1) is 29.1 Å². The van der Waals surface area contributed by atoms with Crippen molar-refractivity contribution < 1.29 is 9.53 Å². The van der Waals surface area contributed by atoms with E-state index in [1.54, 1.807) is 19.4 Å². The number of aromatic nitrogens is 2. The normalized spacial score (nSPS) is 19.0. The number of methoxy groups -OCH3 is 1. The van der Waals surface area contributed by atoms with Gasteiger partial charge in [0, 0.05) is 29.5 Å². The van der Waals surface area contributed by atoms with Gasteiger partial charge < -0.3 is 10.1 Å². The SMILES string of the molecule is COCC1CCNC1C(=O)c1cc(-c2ccccc2)c(=O)n2ncc3ccsc3c12. The first-order chi connectivity index (χ1) is 14.7. The standard InChI is InChI=1S/C23H21N3O3S/c1-29-13-16-7-9-24-19(16)21(27)18-11-17(14-5-3-2-4-6-14)23(28)26-20(18)22-15(12-25-26)8-10-30-22/h2-6,8,10-12,16,19,24H,7,9,13H2,1H3. The molecule has 1 fully saturated rings. The Bertz CT molecular complexity index is 1300. The van der Waals surface area contributed by atoms with Crippen LogP contribution < -0.4 is 10.9 Å². The lowest BCUT2D eigenvalue weighted by molar-refractivity contribution is 0.0873. The molecular formula is C23H21N3O3S. The number of nitrogens with one attached hydrogen (secondary N) is 1. The summed E-state index contributed by atoms with van der Waals surface area (Å²) in [6.07, 6.45) is 2.57. The number of rotatable bonds is 5. The van der Waals surface area contributed by atoms with Crippen LogP contribution in [0.3, 0.4) is 0 Å². The van der Waals surface area contributed by atoms with E-state index in [2.05, 4.69) is 10.4 Å². The van der Waals surface area contributed by atoms with Crippen LogP contribution in [0.2, 0.25) is 0 Å². The predicted molar refractivity (Wildman–Crippen MR) is 118 cm³/mol. The molecule has 1 N–H and O–H groups in total. The number of carbonyl (C=O) groups is 1. The second kappa shape index (κ2) is 7.75. The Morgan fingerprint density at radius 2 is 2.13 bits per heavy atom.